The molecular formula is C15H12N2O3. The van der Waals surface area contributed by atoms with Gasteiger partial charge in [0.15, 0.2) is 6.79 Å². The maximum absolute atomic E-state index is 12.1. The van der Waals surface area contributed by atoms with Gasteiger partial charge in [-0.3, -0.25) is 4.79 Å². The van der Waals surface area contributed by atoms with Gasteiger partial charge in [-0.15, -0.1) is 0 Å². The minimum atomic E-state index is -0.436. The van der Waals surface area contributed by atoms with Crippen molar-refractivity contribution in [2.45, 2.75) is 0 Å². The average Bonchev–Trinajstić information content (AvgIpc) is 2.48. The minimum Gasteiger partial charge on any atom is -0.467 e. The molecule has 0 aliphatic rings. The summed E-state index contributed by atoms with van der Waals surface area (Å²) < 4.78 is 5.14. The van der Waals surface area contributed by atoms with Crippen LogP contribution in [0.4, 0.5) is 0 Å². The van der Waals surface area contributed by atoms with Crippen molar-refractivity contribution in [1.82, 2.24) is 9.97 Å². The van der Waals surface area contributed by atoms with Crippen LogP contribution in [0.1, 0.15) is 0 Å². The lowest BCUT2D eigenvalue weighted by Gasteiger charge is -2.09. The molecule has 20 heavy (non-hydrogen) atoms. The third kappa shape index (κ3) is 2.15. The van der Waals surface area contributed by atoms with Crippen LogP contribution in [0.3, 0.4) is 0 Å². The number of hydrogen-bond acceptors (Lipinski definition) is 4. The van der Waals surface area contributed by atoms with Crippen LogP contribution in [-0.2, 0) is 0 Å². The molecule has 0 radical (unpaired) electrons. The molecule has 5 heteroatoms. The van der Waals surface area contributed by atoms with Gasteiger partial charge in [-0.05, 0) is 24.3 Å². The van der Waals surface area contributed by atoms with Gasteiger partial charge in [-0.2, -0.15) is 0 Å². The van der Waals surface area contributed by atoms with E-state index in [-0.39, 0.29) is 5.56 Å². The molecule has 0 spiro atoms. The van der Waals surface area contributed by atoms with E-state index in [0.717, 1.165) is 0 Å². The molecule has 0 aliphatic heterocycles. The first kappa shape index (κ1) is 12.4. The summed E-state index contributed by atoms with van der Waals surface area (Å²) in [6.45, 7) is -0.436. The predicted octanol–water partition coefficient (Wildman–Crippen LogP) is 1.92. The maximum Gasteiger partial charge on any atom is 0.259 e. The Labute approximate surface area is 114 Å². The smallest absolute Gasteiger partial charge is 0.259 e. The minimum absolute atomic E-state index is 0.204. The number of hydrogen-bond donors (Lipinski definition) is 2. The van der Waals surface area contributed by atoms with Crippen LogP contribution in [-0.4, -0.2) is 21.9 Å². The van der Waals surface area contributed by atoms with Crippen molar-refractivity contribution in [2.24, 2.45) is 0 Å². The SMILES string of the molecule is O=c1[nH]c(-c2ccccc2OCO)nc2ccccc12. The highest BCUT2D eigenvalue weighted by molar-refractivity contribution is 5.80. The van der Waals surface area contributed by atoms with Crippen LogP contribution in [0.25, 0.3) is 22.3 Å². The monoisotopic (exact) mass is 268 g/mol. The summed E-state index contributed by atoms with van der Waals surface area (Å²) >= 11 is 0. The molecule has 0 atom stereocenters. The van der Waals surface area contributed by atoms with Crippen LogP contribution < -0.4 is 10.3 Å². The zero-order valence-electron chi connectivity index (χ0n) is 10.5. The number of H-pyrrole nitrogens is 1. The van der Waals surface area contributed by atoms with E-state index in [4.69, 9.17) is 9.84 Å². The van der Waals surface area contributed by atoms with Gasteiger partial charge in [0.1, 0.15) is 11.6 Å². The molecule has 3 aromatic rings. The van der Waals surface area contributed by atoms with Crippen molar-refractivity contribution < 1.29 is 9.84 Å². The van der Waals surface area contributed by atoms with E-state index in [1.165, 1.54) is 0 Å². The van der Waals surface area contributed by atoms with E-state index in [1.807, 2.05) is 12.1 Å². The van der Waals surface area contributed by atoms with Crippen LogP contribution in [0.2, 0.25) is 0 Å². The highest BCUT2D eigenvalue weighted by Crippen LogP contribution is 2.27. The second kappa shape index (κ2) is 5.14. The van der Waals surface area contributed by atoms with Crippen molar-refractivity contribution in [2.75, 3.05) is 6.79 Å². The van der Waals surface area contributed by atoms with Gasteiger partial charge in [0.25, 0.3) is 5.56 Å². The molecular weight excluding hydrogens is 256 g/mol. The highest BCUT2D eigenvalue weighted by Gasteiger charge is 2.10. The van der Waals surface area contributed by atoms with E-state index in [2.05, 4.69) is 9.97 Å². The average molecular weight is 268 g/mol. The lowest BCUT2D eigenvalue weighted by atomic mass is 10.1. The lowest BCUT2D eigenvalue weighted by molar-refractivity contribution is 0.0990. The number of para-hydroxylation sites is 2. The fourth-order valence-corrected chi connectivity index (χ4v) is 2.07. The van der Waals surface area contributed by atoms with Gasteiger partial charge in [-0.25, -0.2) is 4.98 Å². The summed E-state index contributed by atoms with van der Waals surface area (Å²) in [5.74, 6) is 0.881. The first-order valence-corrected chi connectivity index (χ1v) is 6.12. The van der Waals surface area contributed by atoms with Crippen LogP contribution in [0, 0.1) is 0 Å². The molecule has 0 bridgehead atoms. The van der Waals surface area contributed by atoms with Gasteiger partial charge in [0.05, 0.1) is 16.5 Å². The number of ether oxygens (including phenoxy) is 1. The molecule has 2 aromatic carbocycles. The molecule has 0 saturated heterocycles. The number of fused-ring (bicyclic) bond motifs is 1. The first-order chi connectivity index (χ1) is 9.79. The van der Waals surface area contributed by atoms with E-state index in [0.29, 0.717) is 28.0 Å². The van der Waals surface area contributed by atoms with E-state index in [9.17, 15) is 4.79 Å². The Balaban J connectivity index is 2.23. The zero-order chi connectivity index (χ0) is 13.9. The topological polar surface area (TPSA) is 75.2 Å². The standard InChI is InChI=1S/C15H12N2O3/c18-9-20-13-8-4-2-6-11(13)14-16-12-7-3-1-5-10(12)15(19)17-14/h1-8,18H,9H2,(H,16,17,19). The Morgan fingerprint density at radius 3 is 2.70 bits per heavy atom. The van der Waals surface area contributed by atoms with E-state index in [1.54, 1.807) is 36.4 Å². The van der Waals surface area contributed by atoms with Crippen molar-refractivity contribution in [3.8, 4) is 17.1 Å². The highest BCUT2D eigenvalue weighted by atomic mass is 16.6. The van der Waals surface area contributed by atoms with Gasteiger partial charge >= 0.3 is 0 Å². The van der Waals surface area contributed by atoms with Crippen molar-refractivity contribution in [3.05, 3.63) is 58.9 Å². The molecule has 3 rings (SSSR count). The number of aromatic nitrogens is 2. The van der Waals surface area contributed by atoms with Crippen molar-refractivity contribution in [1.29, 1.82) is 0 Å². The summed E-state index contributed by atoms with van der Waals surface area (Å²) in [7, 11) is 0. The number of aliphatic hydroxyl groups excluding tert-OH is 1. The zero-order valence-corrected chi connectivity index (χ0v) is 10.5. The van der Waals surface area contributed by atoms with Gasteiger partial charge in [0.2, 0.25) is 0 Å². The number of rotatable bonds is 3. The third-order valence-electron chi connectivity index (χ3n) is 2.98. The summed E-state index contributed by atoms with van der Waals surface area (Å²) in [6, 6.07) is 14.2. The van der Waals surface area contributed by atoms with Crippen LogP contribution in [0.5, 0.6) is 5.75 Å². The molecule has 1 heterocycles. The second-order valence-corrected chi connectivity index (χ2v) is 4.20. The fraction of sp³-hybridized carbons (Fsp3) is 0.0667. The molecule has 100 valence electrons. The molecule has 0 fully saturated rings. The van der Waals surface area contributed by atoms with Gasteiger partial charge < -0.3 is 14.8 Å². The Bertz CT molecular complexity index is 811. The molecule has 0 amide bonds. The Morgan fingerprint density at radius 1 is 1.10 bits per heavy atom. The maximum atomic E-state index is 12.1. The third-order valence-corrected chi connectivity index (χ3v) is 2.98. The normalized spacial score (nSPS) is 10.7. The Morgan fingerprint density at radius 2 is 1.85 bits per heavy atom. The number of aromatic amines is 1. The number of nitrogens with one attached hydrogen (secondary N) is 1. The molecule has 0 unspecified atom stereocenters. The van der Waals surface area contributed by atoms with Gasteiger partial charge in [0, 0.05) is 0 Å². The van der Waals surface area contributed by atoms with Crippen molar-refractivity contribution in [3.63, 3.8) is 0 Å². The molecule has 1 aromatic heterocycles. The lowest BCUT2D eigenvalue weighted by Crippen LogP contribution is -2.10. The molecule has 0 aliphatic carbocycles. The molecule has 5 nitrogen and oxygen atoms in total. The number of benzene rings is 2. The predicted molar refractivity (Wildman–Crippen MR) is 75.5 cm³/mol. The van der Waals surface area contributed by atoms with E-state index < -0.39 is 6.79 Å². The molecule has 2 N–H and O–H groups in total. The Kier molecular flexibility index (Phi) is 3.18. The van der Waals surface area contributed by atoms with E-state index >= 15 is 0 Å². The Hall–Kier alpha value is -2.66. The first-order valence-electron chi connectivity index (χ1n) is 6.12. The van der Waals surface area contributed by atoms with Gasteiger partial charge in [-0.1, -0.05) is 24.3 Å². The second-order valence-electron chi connectivity index (χ2n) is 4.20. The van der Waals surface area contributed by atoms with Crippen LogP contribution in [0.15, 0.2) is 53.3 Å². The fourth-order valence-electron chi connectivity index (χ4n) is 2.07. The summed E-state index contributed by atoms with van der Waals surface area (Å²) in [4.78, 5) is 19.2. The summed E-state index contributed by atoms with van der Waals surface area (Å²) in [5, 5.41) is 9.44. The summed E-state index contributed by atoms with van der Waals surface area (Å²) in [6.07, 6.45) is 0. The summed E-state index contributed by atoms with van der Waals surface area (Å²) in [5.41, 5.74) is 1.04. The van der Waals surface area contributed by atoms with Crippen LogP contribution >= 0.6 is 0 Å². The number of aliphatic hydroxyl groups is 1. The van der Waals surface area contributed by atoms with Crippen molar-refractivity contribution >= 4 is 10.9 Å². The number of nitrogens with zero attached hydrogens (tertiary/aromatic N) is 1. The molecule has 0 saturated carbocycles. The quantitative estimate of drug-likeness (QED) is 0.712. The largest absolute Gasteiger partial charge is 0.467 e.